The Morgan fingerprint density at radius 2 is 2.00 bits per heavy atom. The maximum atomic E-state index is 11.7. The number of rotatable bonds is 4. The standard InChI is InChI=1S/C14H14O3/c1-3-5-13(14(16)17-4-2)12-8-6-11(10-15)7-9-12/h3,6-10H,4H2,1-2H3. The molecule has 0 atom stereocenters. The van der Waals surface area contributed by atoms with E-state index in [0.717, 1.165) is 6.29 Å². The Morgan fingerprint density at radius 1 is 1.35 bits per heavy atom. The molecule has 0 heterocycles. The van der Waals surface area contributed by atoms with Crippen LogP contribution in [0.3, 0.4) is 0 Å². The fourth-order valence-corrected chi connectivity index (χ4v) is 1.34. The van der Waals surface area contributed by atoms with Crippen LogP contribution in [0.5, 0.6) is 0 Å². The van der Waals surface area contributed by atoms with Crippen molar-refractivity contribution in [2.24, 2.45) is 0 Å². The quantitative estimate of drug-likeness (QED) is 0.345. The molecular weight excluding hydrogens is 216 g/mol. The molecule has 0 saturated carbocycles. The van der Waals surface area contributed by atoms with Gasteiger partial charge in [0.15, 0.2) is 0 Å². The first-order valence-corrected chi connectivity index (χ1v) is 5.37. The molecule has 0 aliphatic heterocycles. The summed E-state index contributed by atoms with van der Waals surface area (Å²) in [5, 5.41) is 0. The van der Waals surface area contributed by atoms with Gasteiger partial charge in [-0.05, 0) is 25.5 Å². The summed E-state index contributed by atoms with van der Waals surface area (Å²) in [7, 11) is 0. The van der Waals surface area contributed by atoms with Crippen LogP contribution in [0.15, 0.2) is 36.1 Å². The second-order valence-corrected chi connectivity index (χ2v) is 3.27. The zero-order valence-electron chi connectivity index (χ0n) is 9.90. The van der Waals surface area contributed by atoms with Crippen LogP contribution in [0.25, 0.3) is 5.57 Å². The Kier molecular flexibility index (Phi) is 4.92. The van der Waals surface area contributed by atoms with Crippen molar-refractivity contribution in [2.45, 2.75) is 13.8 Å². The molecule has 17 heavy (non-hydrogen) atoms. The maximum Gasteiger partial charge on any atom is 0.346 e. The lowest BCUT2D eigenvalue weighted by Gasteiger charge is -2.04. The van der Waals surface area contributed by atoms with E-state index in [1.165, 1.54) is 0 Å². The van der Waals surface area contributed by atoms with Crippen molar-refractivity contribution in [1.82, 2.24) is 0 Å². The van der Waals surface area contributed by atoms with Gasteiger partial charge in [0.05, 0.1) is 6.61 Å². The number of aldehydes is 1. The highest BCUT2D eigenvalue weighted by Gasteiger charge is 2.12. The molecule has 0 aliphatic rings. The third-order valence-electron chi connectivity index (χ3n) is 2.10. The molecule has 0 amide bonds. The Balaban J connectivity index is 3.11. The molecule has 0 radical (unpaired) electrons. The largest absolute Gasteiger partial charge is 0.462 e. The van der Waals surface area contributed by atoms with Gasteiger partial charge in [0.25, 0.3) is 0 Å². The SMILES string of the molecule is CC=C=C(C(=O)OCC)c1ccc(C=O)cc1. The molecule has 0 aromatic heterocycles. The fourth-order valence-electron chi connectivity index (χ4n) is 1.34. The van der Waals surface area contributed by atoms with E-state index in [1.54, 1.807) is 44.2 Å². The summed E-state index contributed by atoms with van der Waals surface area (Å²) in [4.78, 5) is 22.2. The van der Waals surface area contributed by atoms with Crippen molar-refractivity contribution in [1.29, 1.82) is 0 Å². The van der Waals surface area contributed by atoms with E-state index in [-0.39, 0.29) is 0 Å². The number of hydrogen-bond donors (Lipinski definition) is 0. The van der Waals surface area contributed by atoms with E-state index in [2.05, 4.69) is 5.73 Å². The number of esters is 1. The summed E-state index contributed by atoms with van der Waals surface area (Å²) < 4.78 is 4.94. The maximum absolute atomic E-state index is 11.7. The van der Waals surface area contributed by atoms with Crippen molar-refractivity contribution in [2.75, 3.05) is 6.61 Å². The monoisotopic (exact) mass is 230 g/mol. The van der Waals surface area contributed by atoms with Crippen molar-refractivity contribution < 1.29 is 14.3 Å². The lowest BCUT2D eigenvalue weighted by molar-refractivity contribution is -0.136. The van der Waals surface area contributed by atoms with Crippen molar-refractivity contribution in [3.05, 3.63) is 47.2 Å². The first-order chi connectivity index (χ1) is 8.22. The first kappa shape index (κ1) is 12.9. The highest BCUT2D eigenvalue weighted by atomic mass is 16.5. The summed E-state index contributed by atoms with van der Waals surface area (Å²) in [5.41, 5.74) is 4.47. The summed E-state index contributed by atoms with van der Waals surface area (Å²) >= 11 is 0. The third-order valence-corrected chi connectivity index (χ3v) is 2.10. The van der Waals surface area contributed by atoms with Crippen LogP contribution in [0.2, 0.25) is 0 Å². The Hall–Kier alpha value is -2.12. The van der Waals surface area contributed by atoms with Crippen molar-refractivity contribution >= 4 is 17.8 Å². The molecule has 0 N–H and O–H groups in total. The summed E-state index contributed by atoms with van der Waals surface area (Å²) in [6, 6.07) is 6.71. The van der Waals surface area contributed by atoms with Gasteiger partial charge in [-0.15, -0.1) is 5.73 Å². The van der Waals surface area contributed by atoms with Crippen LogP contribution in [-0.2, 0) is 9.53 Å². The number of hydrogen-bond acceptors (Lipinski definition) is 3. The smallest absolute Gasteiger partial charge is 0.346 e. The highest BCUT2D eigenvalue weighted by molar-refractivity contribution is 6.16. The summed E-state index contributed by atoms with van der Waals surface area (Å²) in [5.74, 6) is -0.413. The van der Waals surface area contributed by atoms with Gasteiger partial charge < -0.3 is 4.74 Å². The minimum atomic E-state index is -0.413. The van der Waals surface area contributed by atoms with Crippen LogP contribution in [0, 0.1) is 0 Å². The van der Waals surface area contributed by atoms with E-state index in [1.807, 2.05) is 0 Å². The molecule has 88 valence electrons. The molecular formula is C14H14O3. The second-order valence-electron chi connectivity index (χ2n) is 3.27. The second kappa shape index (κ2) is 6.46. The predicted molar refractivity (Wildman–Crippen MR) is 65.6 cm³/mol. The average molecular weight is 230 g/mol. The average Bonchev–Trinajstić information content (AvgIpc) is 2.36. The number of ether oxygens (including phenoxy) is 1. The normalized spacial score (nSPS) is 9.06. The number of benzene rings is 1. The van der Waals surface area contributed by atoms with Gasteiger partial charge in [-0.1, -0.05) is 24.3 Å². The van der Waals surface area contributed by atoms with Crippen LogP contribution < -0.4 is 0 Å². The van der Waals surface area contributed by atoms with E-state index in [0.29, 0.717) is 23.3 Å². The van der Waals surface area contributed by atoms with Crippen molar-refractivity contribution in [3.8, 4) is 0 Å². The zero-order valence-corrected chi connectivity index (χ0v) is 9.90. The van der Waals surface area contributed by atoms with E-state index in [9.17, 15) is 9.59 Å². The summed E-state index contributed by atoms with van der Waals surface area (Å²) in [6.07, 6.45) is 2.41. The molecule has 1 rings (SSSR count). The molecule has 3 heteroatoms. The Morgan fingerprint density at radius 3 is 2.47 bits per heavy atom. The Labute approximate surface area is 100 Å². The lowest BCUT2D eigenvalue weighted by atomic mass is 10.1. The van der Waals surface area contributed by atoms with Gasteiger partial charge in [0, 0.05) is 5.56 Å². The van der Waals surface area contributed by atoms with Gasteiger partial charge in [0.1, 0.15) is 11.9 Å². The van der Waals surface area contributed by atoms with Crippen LogP contribution in [0.4, 0.5) is 0 Å². The van der Waals surface area contributed by atoms with Gasteiger partial charge >= 0.3 is 5.97 Å². The van der Waals surface area contributed by atoms with Crippen LogP contribution in [0.1, 0.15) is 29.8 Å². The van der Waals surface area contributed by atoms with E-state index < -0.39 is 5.97 Å². The third kappa shape index (κ3) is 3.44. The van der Waals surface area contributed by atoms with Crippen LogP contribution >= 0.6 is 0 Å². The first-order valence-electron chi connectivity index (χ1n) is 5.37. The summed E-state index contributed by atoms with van der Waals surface area (Å²) in [6.45, 7) is 3.85. The number of carbonyl (C=O) groups is 2. The fraction of sp³-hybridized carbons (Fsp3) is 0.214. The van der Waals surface area contributed by atoms with Gasteiger partial charge in [-0.25, -0.2) is 4.79 Å². The number of carbonyl (C=O) groups excluding carboxylic acids is 2. The van der Waals surface area contributed by atoms with Gasteiger partial charge in [-0.2, -0.15) is 0 Å². The molecule has 0 fully saturated rings. The van der Waals surface area contributed by atoms with Crippen LogP contribution in [-0.4, -0.2) is 18.9 Å². The van der Waals surface area contributed by atoms with E-state index in [4.69, 9.17) is 4.74 Å². The predicted octanol–water partition coefficient (Wildman–Crippen LogP) is 2.62. The molecule has 1 aromatic carbocycles. The molecule has 0 spiro atoms. The topological polar surface area (TPSA) is 43.4 Å². The molecule has 1 aromatic rings. The molecule has 3 nitrogen and oxygen atoms in total. The minimum Gasteiger partial charge on any atom is -0.462 e. The molecule has 0 aliphatic carbocycles. The minimum absolute atomic E-state index is 0.320. The molecule has 0 bridgehead atoms. The highest BCUT2D eigenvalue weighted by Crippen LogP contribution is 2.15. The van der Waals surface area contributed by atoms with Crippen molar-refractivity contribution in [3.63, 3.8) is 0 Å². The van der Waals surface area contributed by atoms with E-state index >= 15 is 0 Å². The van der Waals surface area contributed by atoms with Gasteiger partial charge in [0.2, 0.25) is 0 Å². The Bertz CT molecular complexity index is 463. The molecule has 0 unspecified atom stereocenters. The van der Waals surface area contributed by atoms with Gasteiger partial charge in [-0.3, -0.25) is 4.79 Å². The zero-order chi connectivity index (χ0) is 12.7. The molecule has 0 saturated heterocycles. The lowest BCUT2D eigenvalue weighted by Crippen LogP contribution is -2.06.